The molecule has 4 nitrogen and oxygen atoms in total. The molecular formula is C15H25N3O. The summed E-state index contributed by atoms with van der Waals surface area (Å²) in [5.74, 6) is 0. The summed E-state index contributed by atoms with van der Waals surface area (Å²) in [6, 6.07) is 7.65. The minimum Gasteiger partial charge on any atom is -0.328 e. The number of nitrogens with one attached hydrogen (secondary N) is 1. The fourth-order valence-electron chi connectivity index (χ4n) is 2.21. The van der Waals surface area contributed by atoms with Crippen LogP contribution in [0.3, 0.4) is 0 Å². The number of nitrogens with two attached hydrogens (primary N) is 1. The maximum atomic E-state index is 12.3. The van der Waals surface area contributed by atoms with Gasteiger partial charge in [0.15, 0.2) is 0 Å². The average molecular weight is 263 g/mol. The minimum atomic E-state index is -0.269. The van der Waals surface area contributed by atoms with Gasteiger partial charge in [0, 0.05) is 19.3 Å². The summed E-state index contributed by atoms with van der Waals surface area (Å²) in [5, 5.41) is 2.91. The fourth-order valence-corrected chi connectivity index (χ4v) is 2.21. The van der Waals surface area contributed by atoms with Crippen molar-refractivity contribution in [3.63, 3.8) is 0 Å². The molecule has 1 aromatic rings. The van der Waals surface area contributed by atoms with E-state index in [0.29, 0.717) is 6.54 Å². The first-order chi connectivity index (χ1) is 8.99. The highest BCUT2D eigenvalue weighted by Crippen LogP contribution is 2.22. The SMILES string of the molecule is CCC(CC)(CN)N(C)C(=O)Nc1ccc(C)cc1. The molecule has 0 unspecified atom stereocenters. The van der Waals surface area contributed by atoms with Crippen LogP contribution in [0.25, 0.3) is 0 Å². The highest BCUT2D eigenvalue weighted by molar-refractivity contribution is 5.89. The molecule has 0 aliphatic heterocycles. The Bertz CT molecular complexity index is 402. The average Bonchev–Trinajstić information content (AvgIpc) is 2.43. The van der Waals surface area contributed by atoms with Crippen LogP contribution >= 0.6 is 0 Å². The van der Waals surface area contributed by atoms with E-state index >= 15 is 0 Å². The van der Waals surface area contributed by atoms with Crippen LogP contribution in [0.1, 0.15) is 32.3 Å². The monoisotopic (exact) mass is 263 g/mol. The van der Waals surface area contributed by atoms with Crippen LogP contribution in [0.2, 0.25) is 0 Å². The largest absolute Gasteiger partial charge is 0.328 e. The van der Waals surface area contributed by atoms with E-state index in [1.807, 2.05) is 38.2 Å². The van der Waals surface area contributed by atoms with Crippen molar-refractivity contribution in [3.8, 4) is 0 Å². The molecular weight excluding hydrogens is 238 g/mol. The topological polar surface area (TPSA) is 58.4 Å². The molecule has 1 rings (SSSR count). The third-order valence-corrected chi connectivity index (χ3v) is 4.02. The predicted octanol–water partition coefficient (Wildman–Crippen LogP) is 2.98. The summed E-state index contributed by atoms with van der Waals surface area (Å²) in [4.78, 5) is 14.0. The third-order valence-electron chi connectivity index (χ3n) is 4.02. The maximum Gasteiger partial charge on any atom is 0.322 e. The smallest absolute Gasteiger partial charge is 0.322 e. The van der Waals surface area contributed by atoms with Crippen molar-refractivity contribution in [3.05, 3.63) is 29.8 Å². The molecule has 1 aromatic carbocycles. The number of benzene rings is 1. The number of carbonyl (C=O) groups excluding carboxylic acids is 1. The molecule has 0 aliphatic carbocycles. The molecule has 0 heterocycles. The van der Waals surface area contributed by atoms with E-state index in [1.165, 1.54) is 5.56 Å². The Morgan fingerprint density at radius 3 is 2.21 bits per heavy atom. The molecule has 19 heavy (non-hydrogen) atoms. The van der Waals surface area contributed by atoms with E-state index in [1.54, 1.807) is 4.90 Å². The Balaban J connectivity index is 2.79. The van der Waals surface area contributed by atoms with Gasteiger partial charge in [0.25, 0.3) is 0 Å². The van der Waals surface area contributed by atoms with Crippen molar-refractivity contribution in [1.82, 2.24) is 4.90 Å². The number of anilines is 1. The van der Waals surface area contributed by atoms with Gasteiger partial charge in [0.05, 0.1) is 5.54 Å². The number of aryl methyl sites for hydroxylation is 1. The van der Waals surface area contributed by atoms with Gasteiger partial charge in [0.2, 0.25) is 0 Å². The Hall–Kier alpha value is -1.55. The summed E-state index contributed by atoms with van der Waals surface area (Å²) in [6.45, 7) is 6.61. The Morgan fingerprint density at radius 2 is 1.79 bits per heavy atom. The van der Waals surface area contributed by atoms with E-state index in [0.717, 1.165) is 18.5 Å². The lowest BCUT2D eigenvalue weighted by Gasteiger charge is -2.39. The lowest BCUT2D eigenvalue weighted by molar-refractivity contribution is 0.140. The standard InChI is InChI=1S/C15H25N3O/c1-5-15(6-2,11-16)18(4)14(19)17-13-9-7-12(3)8-10-13/h7-10H,5-6,11,16H2,1-4H3,(H,17,19). The van der Waals surface area contributed by atoms with E-state index in [9.17, 15) is 4.79 Å². The van der Waals surface area contributed by atoms with Gasteiger partial charge >= 0.3 is 6.03 Å². The van der Waals surface area contributed by atoms with Crippen molar-refractivity contribution in [2.24, 2.45) is 5.73 Å². The Kier molecular flexibility index (Phi) is 5.36. The van der Waals surface area contributed by atoms with Crippen LogP contribution < -0.4 is 11.1 Å². The molecule has 0 spiro atoms. The normalized spacial score (nSPS) is 11.2. The van der Waals surface area contributed by atoms with E-state index in [-0.39, 0.29) is 11.6 Å². The number of likely N-dealkylation sites (N-methyl/N-ethyl adjacent to an activating group) is 1. The molecule has 0 atom stereocenters. The summed E-state index contributed by atoms with van der Waals surface area (Å²) in [6.07, 6.45) is 1.69. The number of urea groups is 1. The van der Waals surface area contributed by atoms with Crippen molar-refractivity contribution in [2.75, 3.05) is 18.9 Å². The molecule has 0 radical (unpaired) electrons. The van der Waals surface area contributed by atoms with Crippen molar-refractivity contribution in [2.45, 2.75) is 39.2 Å². The number of hydrogen-bond donors (Lipinski definition) is 2. The van der Waals surface area contributed by atoms with Gasteiger partial charge in [-0.25, -0.2) is 4.79 Å². The van der Waals surface area contributed by atoms with Crippen LogP contribution in [0.15, 0.2) is 24.3 Å². The molecule has 0 aliphatic rings. The van der Waals surface area contributed by atoms with Crippen molar-refractivity contribution >= 4 is 11.7 Å². The van der Waals surface area contributed by atoms with E-state index in [2.05, 4.69) is 19.2 Å². The van der Waals surface area contributed by atoms with Crippen LogP contribution in [0, 0.1) is 6.92 Å². The minimum absolute atomic E-state index is 0.113. The zero-order valence-electron chi connectivity index (χ0n) is 12.4. The van der Waals surface area contributed by atoms with Gasteiger partial charge < -0.3 is 16.0 Å². The quantitative estimate of drug-likeness (QED) is 0.858. The Morgan fingerprint density at radius 1 is 1.26 bits per heavy atom. The molecule has 0 aromatic heterocycles. The summed E-state index contributed by atoms with van der Waals surface area (Å²) in [5.41, 5.74) is 7.57. The fraction of sp³-hybridized carbons (Fsp3) is 0.533. The molecule has 2 amide bonds. The third kappa shape index (κ3) is 3.47. The van der Waals surface area contributed by atoms with E-state index in [4.69, 9.17) is 5.73 Å². The number of rotatable bonds is 5. The molecule has 0 saturated heterocycles. The van der Waals surface area contributed by atoms with Gasteiger partial charge in [-0.05, 0) is 31.9 Å². The van der Waals surface area contributed by atoms with Crippen LogP contribution in [-0.4, -0.2) is 30.1 Å². The van der Waals surface area contributed by atoms with E-state index < -0.39 is 0 Å². The predicted molar refractivity (Wildman–Crippen MR) is 80.3 cm³/mol. The number of nitrogens with zero attached hydrogens (tertiary/aromatic N) is 1. The van der Waals surface area contributed by atoms with Crippen LogP contribution in [0.5, 0.6) is 0 Å². The molecule has 0 fully saturated rings. The summed E-state index contributed by atoms with van der Waals surface area (Å²) >= 11 is 0. The zero-order chi connectivity index (χ0) is 14.5. The van der Waals surface area contributed by atoms with Crippen LogP contribution in [0.4, 0.5) is 10.5 Å². The summed E-state index contributed by atoms with van der Waals surface area (Å²) < 4.78 is 0. The second kappa shape index (κ2) is 6.57. The lowest BCUT2D eigenvalue weighted by atomic mass is 9.91. The molecule has 0 saturated carbocycles. The second-order valence-electron chi connectivity index (χ2n) is 4.99. The van der Waals surface area contributed by atoms with Gasteiger partial charge in [-0.3, -0.25) is 0 Å². The second-order valence-corrected chi connectivity index (χ2v) is 4.99. The zero-order valence-corrected chi connectivity index (χ0v) is 12.4. The first-order valence-electron chi connectivity index (χ1n) is 6.80. The number of carbonyl (C=O) groups is 1. The first kappa shape index (κ1) is 15.5. The van der Waals surface area contributed by atoms with Gasteiger partial charge in [-0.2, -0.15) is 0 Å². The molecule has 0 bridgehead atoms. The summed E-state index contributed by atoms with van der Waals surface area (Å²) in [7, 11) is 1.81. The lowest BCUT2D eigenvalue weighted by Crippen LogP contribution is -2.55. The van der Waals surface area contributed by atoms with Crippen LogP contribution in [-0.2, 0) is 0 Å². The van der Waals surface area contributed by atoms with Crippen molar-refractivity contribution in [1.29, 1.82) is 0 Å². The highest BCUT2D eigenvalue weighted by atomic mass is 16.2. The molecule has 106 valence electrons. The molecule has 4 heteroatoms. The first-order valence-corrected chi connectivity index (χ1v) is 6.80. The highest BCUT2D eigenvalue weighted by Gasteiger charge is 2.32. The number of hydrogen-bond acceptors (Lipinski definition) is 2. The number of amides is 2. The van der Waals surface area contributed by atoms with Gasteiger partial charge in [0.1, 0.15) is 0 Å². The molecule has 3 N–H and O–H groups in total. The maximum absolute atomic E-state index is 12.3. The Labute approximate surface area is 116 Å². The van der Waals surface area contributed by atoms with Gasteiger partial charge in [-0.1, -0.05) is 31.5 Å². The van der Waals surface area contributed by atoms with Gasteiger partial charge in [-0.15, -0.1) is 0 Å². The van der Waals surface area contributed by atoms with Crippen molar-refractivity contribution < 1.29 is 4.79 Å².